The van der Waals surface area contributed by atoms with Crippen molar-refractivity contribution in [2.45, 2.75) is 19.4 Å². The maximum Gasteiger partial charge on any atom is 0.338 e. The maximum atomic E-state index is 12.4. The van der Waals surface area contributed by atoms with E-state index in [0.717, 1.165) is 5.56 Å². The molecule has 0 fully saturated rings. The Balaban J connectivity index is 1.61. The Morgan fingerprint density at radius 2 is 1.45 bits per heavy atom. The van der Waals surface area contributed by atoms with Gasteiger partial charge in [0.25, 0.3) is 0 Å². The molecule has 0 bridgehead atoms. The fourth-order valence-corrected chi connectivity index (χ4v) is 2.83. The van der Waals surface area contributed by atoms with Crippen molar-refractivity contribution in [3.05, 3.63) is 102 Å². The molecule has 3 rings (SSSR count). The van der Waals surface area contributed by atoms with Crippen LogP contribution in [0, 0.1) is 0 Å². The lowest BCUT2D eigenvalue weighted by Crippen LogP contribution is -2.24. The predicted octanol–water partition coefficient (Wildman–Crippen LogP) is 4.30. The lowest BCUT2D eigenvalue weighted by Gasteiger charge is -2.13. The van der Waals surface area contributed by atoms with Crippen LogP contribution in [-0.4, -0.2) is 23.8 Å². The number of hydrogen-bond acceptors (Lipinski definition) is 4. The van der Waals surface area contributed by atoms with Crippen LogP contribution in [0.5, 0.6) is 0 Å². The molecule has 146 valence electrons. The molecule has 3 aromatic rings. The van der Waals surface area contributed by atoms with Gasteiger partial charge in [-0.1, -0.05) is 66.7 Å². The lowest BCUT2D eigenvalue weighted by atomic mass is 10.1. The highest BCUT2D eigenvalue weighted by Crippen LogP contribution is 2.15. The third-order valence-electron chi connectivity index (χ3n) is 4.30. The topological polar surface area (TPSA) is 72.5 Å². The molecule has 1 N–H and O–H groups in total. The first-order chi connectivity index (χ1) is 14.0. The van der Waals surface area contributed by atoms with Crippen molar-refractivity contribution in [2.75, 3.05) is 5.32 Å². The summed E-state index contributed by atoms with van der Waals surface area (Å²) in [5.41, 5.74) is 2.13. The van der Waals surface area contributed by atoms with Crippen LogP contribution in [0.2, 0.25) is 0 Å². The number of hydrogen-bond donors (Lipinski definition) is 1. The summed E-state index contributed by atoms with van der Waals surface area (Å²) < 4.78 is 5.31. The first-order valence-electron chi connectivity index (χ1n) is 9.27. The summed E-state index contributed by atoms with van der Waals surface area (Å²) in [6, 6.07) is 24.5. The normalized spacial score (nSPS) is 11.3. The molecule has 0 aromatic heterocycles. The molecule has 1 atom stereocenters. The van der Waals surface area contributed by atoms with E-state index in [1.54, 1.807) is 49.4 Å². The average molecular weight is 387 g/mol. The van der Waals surface area contributed by atoms with Crippen LogP contribution in [0.4, 0.5) is 5.69 Å². The average Bonchev–Trinajstić information content (AvgIpc) is 2.74. The number of anilines is 1. The molecular formula is C24H21NO4. The van der Waals surface area contributed by atoms with Gasteiger partial charge in [-0.2, -0.15) is 0 Å². The van der Waals surface area contributed by atoms with Crippen molar-refractivity contribution in [3.63, 3.8) is 0 Å². The molecule has 0 aliphatic rings. The van der Waals surface area contributed by atoms with Crippen molar-refractivity contribution >= 4 is 23.3 Å². The van der Waals surface area contributed by atoms with Gasteiger partial charge in [-0.25, -0.2) is 4.79 Å². The molecule has 3 aromatic carbocycles. The Morgan fingerprint density at radius 1 is 0.828 bits per heavy atom. The Kier molecular flexibility index (Phi) is 6.53. The van der Waals surface area contributed by atoms with Gasteiger partial charge < -0.3 is 10.1 Å². The molecule has 0 radical (unpaired) electrons. The van der Waals surface area contributed by atoms with Gasteiger partial charge in [0, 0.05) is 11.3 Å². The van der Waals surface area contributed by atoms with Crippen molar-refractivity contribution in [3.8, 4) is 0 Å². The van der Waals surface area contributed by atoms with E-state index in [9.17, 15) is 14.4 Å². The van der Waals surface area contributed by atoms with E-state index in [-0.39, 0.29) is 23.7 Å². The van der Waals surface area contributed by atoms with Crippen molar-refractivity contribution in [1.82, 2.24) is 0 Å². The highest BCUT2D eigenvalue weighted by molar-refractivity contribution is 6.01. The SMILES string of the molecule is C[C@H](OC(=O)c1cccc(NC(=O)Cc2ccccc2)c1)C(=O)c1ccccc1. The maximum absolute atomic E-state index is 12.4. The number of ketones is 1. The zero-order valence-electron chi connectivity index (χ0n) is 16.0. The number of rotatable bonds is 7. The third-order valence-corrected chi connectivity index (χ3v) is 4.30. The summed E-state index contributed by atoms with van der Waals surface area (Å²) >= 11 is 0. The first-order valence-corrected chi connectivity index (χ1v) is 9.27. The van der Waals surface area contributed by atoms with Gasteiger partial charge in [0.05, 0.1) is 12.0 Å². The van der Waals surface area contributed by atoms with Crippen molar-refractivity contribution < 1.29 is 19.1 Å². The van der Waals surface area contributed by atoms with Gasteiger partial charge in [0.2, 0.25) is 11.7 Å². The summed E-state index contributed by atoms with van der Waals surface area (Å²) in [4.78, 5) is 37.0. The monoisotopic (exact) mass is 387 g/mol. The summed E-state index contributed by atoms with van der Waals surface area (Å²) in [6.07, 6.45) is -0.681. The Hall–Kier alpha value is -3.73. The lowest BCUT2D eigenvalue weighted by molar-refractivity contribution is -0.115. The van der Waals surface area contributed by atoms with E-state index in [1.165, 1.54) is 6.07 Å². The highest BCUT2D eigenvalue weighted by Gasteiger charge is 2.20. The van der Waals surface area contributed by atoms with Crippen LogP contribution >= 0.6 is 0 Å². The summed E-state index contributed by atoms with van der Waals surface area (Å²) in [5.74, 6) is -1.08. The van der Waals surface area contributed by atoms with Crippen LogP contribution < -0.4 is 5.32 Å². The summed E-state index contributed by atoms with van der Waals surface area (Å²) in [6.45, 7) is 1.54. The molecule has 0 saturated heterocycles. The minimum absolute atomic E-state index is 0.186. The quantitative estimate of drug-likeness (QED) is 0.485. The first kappa shape index (κ1) is 20.0. The van der Waals surface area contributed by atoms with E-state index in [2.05, 4.69) is 5.32 Å². The molecule has 1 amide bonds. The number of ether oxygens (including phenoxy) is 1. The van der Waals surface area contributed by atoms with Crippen LogP contribution in [0.15, 0.2) is 84.9 Å². The molecule has 0 unspecified atom stereocenters. The van der Waals surface area contributed by atoms with Gasteiger partial charge in [0.1, 0.15) is 0 Å². The van der Waals surface area contributed by atoms with E-state index in [1.807, 2.05) is 36.4 Å². The molecule has 0 spiro atoms. The molecule has 5 heteroatoms. The third kappa shape index (κ3) is 5.62. The molecular weight excluding hydrogens is 366 g/mol. The van der Waals surface area contributed by atoms with Crippen molar-refractivity contribution in [1.29, 1.82) is 0 Å². The molecule has 29 heavy (non-hydrogen) atoms. The number of carbonyl (C=O) groups excluding carboxylic acids is 3. The van der Waals surface area contributed by atoms with E-state index >= 15 is 0 Å². The van der Waals surface area contributed by atoms with Crippen LogP contribution in [-0.2, 0) is 16.0 Å². The van der Waals surface area contributed by atoms with E-state index in [4.69, 9.17) is 4.74 Å². The zero-order valence-corrected chi connectivity index (χ0v) is 16.0. The second-order valence-corrected chi connectivity index (χ2v) is 6.57. The van der Waals surface area contributed by atoms with Crippen LogP contribution in [0.1, 0.15) is 33.2 Å². The number of esters is 1. The second-order valence-electron chi connectivity index (χ2n) is 6.57. The fourth-order valence-electron chi connectivity index (χ4n) is 2.83. The van der Waals surface area contributed by atoms with Gasteiger partial charge in [0.15, 0.2) is 6.10 Å². The molecule has 0 saturated carbocycles. The van der Waals surface area contributed by atoms with E-state index in [0.29, 0.717) is 11.3 Å². The van der Waals surface area contributed by atoms with Crippen LogP contribution in [0.25, 0.3) is 0 Å². The number of Topliss-reactive ketones (excluding diaryl/α,β-unsaturated/α-hetero) is 1. The number of carbonyl (C=O) groups is 3. The fraction of sp³-hybridized carbons (Fsp3) is 0.125. The highest BCUT2D eigenvalue weighted by atomic mass is 16.5. The molecule has 0 aliphatic carbocycles. The largest absolute Gasteiger partial charge is 0.451 e. The standard InChI is InChI=1S/C24H21NO4/c1-17(23(27)19-11-6-3-7-12-19)29-24(28)20-13-8-14-21(16-20)25-22(26)15-18-9-4-2-5-10-18/h2-14,16-17H,15H2,1H3,(H,25,26)/t17-/m0/s1. The van der Waals surface area contributed by atoms with Gasteiger partial charge in [-0.05, 0) is 30.7 Å². The Labute approximate surface area is 169 Å². The van der Waals surface area contributed by atoms with Crippen molar-refractivity contribution in [2.24, 2.45) is 0 Å². The minimum Gasteiger partial charge on any atom is -0.451 e. The van der Waals surface area contributed by atoms with Gasteiger partial charge in [-0.15, -0.1) is 0 Å². The summed E-state index contributed by atoms with van der Waals surface area (Å²) in [5, 5.41) is 2.77. The smallest absolute Gasteiger partial charge is 0.338 e. The van der Waals surface area contributed by atoms with E-state index < -0.39 is 12.1 Å². The number of benzene rings is 3. The second kappa shape index (κ2) is 9.46. The van der Waals surface area contributed by atoms with Gasteiger partial charge in [-0.3, -0.25) is 9.59 Å². The number of nitrogens with one attached hydrogen (secondary N) is 1. The number of amides is 1. The Bertz CT molecular complexity index is 1000. The summed E-state index contributed by atoms with van der Waals surface area (Å²) in [7, 11) is 0. The molecule has 0 heterocycles. The zero-order chi connectivity index (χ0) is 20.6. The molecule has 0 aliphatic heterocycles. The van der Waals surface area contributed by atoms with Gasteiger partial charge >= 0.3 is 5.97 Å². The van der Waals surface area contributed by atoms with Crippen LogP contribution in [0.3, 0.4) is 0 Å². The molecule has 5 nitrogen and oxygen atoms in total. The predicted molar refractivity (Wildman–Crippen MR) is 111 cm³/mol. The Morgan fingerprint density at radius 3 is 2.14 bits per heavy atom. The minimum atomic E-state index is -0.916.